The van der Waals surface area contributed by atoms with E-state index in [1.807, 2.05) is 34.6 Å². The Morgan fingerprint density at radius 3 is 2.32 bits per heavy atom. The molecule has 0 radical (unpaired) electrons. The van der Waals surface area contributed by atoms with Crippen molar-refractivity contribution in [2.45, 2.75) is 47.1 Å². The summed E-state index contributed by atoms with van der Waals surface area (Å²) in [6.07, 6.45) is 0.259. The zero-order chi connectivity index (χ0) is 17.1. The summed E-state index contributed by atoms with van der Waals surface area (Å²) in [5.41, 5.74) is 5.85. The summed E-state index contributed by atoms with van der Waals surface area (Å²) in [5, 5.41) is 9.94. The van der Waals surface area contributed by atoms with Gasteiger partial charge in [0.25, 0.3) is 0 Å². The topological polar surface area (TPSA) is 89.6 Å². The van der Waals surface area contributed by atoms with Crippen LogP contribution < -0.4 is 10.5 Å². The average molecular weight is 307 g/mol. The fraction of sp³-hybridized carbons (Fsp3) is 0.529. The number of ketones is 1. The van der Waals surface area contributed by atoms with Crippen molar-refractivity contribution in [3.63, 3.8) is 0 Å². The van der Waals surface area contributed by atoms with E-state index in [-0.39, 0.29) is 35.0 Å². The van der Waals surface area contributed by atoms with Crippen LogP contribution in [0.25, 0.3) is 0 Å². The van der Waals surface area contributed by atoms with Gasteiger partial charge in [-0.2, -0.15) is 0 Å². The first-order chi connectivity index (χ1) is 10.0. The van der Waals surface area contributed by atoms with Crippen molar-refractivity contribution in [2.24, 2.45) is 17.1 Å². The van der Waals surface area contributed by atoms with E-state index in [4.69, 9.17) is 10.5 Å². The molecule has 0 saturated heterocycles. The number of hydrogen-bond acceptors (Lipinski definition) is 5. The Bertz CT molecular complexity index is 558. The molecule has 0 fully saturated rings. The Kier molecular flexibility index (Phi) is 5.72. The van der Waals surface area contributed by atoms with Crippen molar-refractivity contribution >= 4 is 11.8 Å². The van der Waals surface area contributed by atoms with Gasteiger partial charge in [-0.25, -0.2) is 0 Å². The van der Waals surface area contributed by atoms with E-state index >= 15 is 0 Å². The number of esters is 1. The molecule has 1 unspecified atom stereocenters. The number of aromatic hydroxyl groups is 1. The number of nitrogens with two attached hydrogens (primary N) is 1. The predicted molar refractivity (Wildman–Crippen MR) is 85.0 cm³/mol. The van der Waals surface area contributed by atoms with Crippen LogP contribution in [-0.2, 0) is 4.79 Å². The summed E-state index contributed by atoms with van der Waals surface area (Å²) < 4.78 is 5.09. The molecular formula is C17H25NO4. The summed E-state index contributed by atoms with van der Waals surface area (Å²) in [6.45, 7) is 9.42. The van der Waals surface area contributed by atoms with Gasteiger partial charge in [0.1, 0.15) is 0 Å². The van der Waals surface area contributed by atoms with Gasteiger partial charge in [0.05, 0.1) is 6.04 Å². The Morgan fingerprint density at radius 2 is 1.86 bits per heavy atom. The number of hydrogen-bond donors (Lipinski definition) is 2. The molecule has 0 aliphatic rings. The molecule has 0 bridgehead atoms. The molecule has 0 aromatic heterocycles. The minimum atomic E-state index is -0.679. The fourth-order valence-corrected chi connectivity index (χ4v) is 1.83. The molecule has 0 saturated carbocycles. The second-order valence-corrected chi connectivity index (χ2v) is 6.96. The van der Waals surface area contributed by atoms with E-state index in [0.29, 0.717) is 5.56 Å². The maximum Gasteiger partial charge on any atom is 0.311 e. The number of benzene rings is 1. The molecule has 5 nitrogen and oxygen atoms in total. The third-order valence-electron chi connectivity index (χ3n) is 3.26. The van der Waals surface area contributed by atoms with Crippen LogP contribution in [0.1, 0.15) is 51.4 Å². The van der Waals surface area contributed by atoms with Crippen molar-refractivity contribution in [3.05, 3.63) is 23.8 Å². The van der Waals surface area contributed by atoms with Crippen LogP contribution in [0, 0.1) is 11.3 Å². The molecule has 0 aliphatic heterocycles. The van der Waals surface area contributed by atoms with E-state index < -0.39 is 12.0 Å². The predicted octanol–water partition coefficient (Wildman–Crippen LogP) is 2.90. The minimum Gasteiger partial charge on any atom is -0.504 e. The van der Waals surface area contributed by atoms with E-state index in [0.717, 1.165) is 0 Å². The summed E-state index contributed by atoms with van der Waals surface area (Å²) in [6, 6.07) is 3.52. The SMILES string of the molecule is CC(C)CC(=O)Oc1ccc(C(=O)C(N)C(C)(C)C)cc1O. The molecule has 1 atom stereocenters. The highest BCUT2D eigenvalue weighted by Gasteiger charge is 2.28. The summed E-state index contributed by atoms with van der Waals surface area (Å²) in [5.74, 6) is -0.713. The molecule has 5 heteroatoms. The first kappa shape index (κ1) is 18.2. The van der Waals surface area contributed by atoms with Gasteiger partial charge in [0.15, 0.2) is 17.3 Å². The van der Waals surface area contributed by atoms with Crippen LogP contribution in [-0.4, -0.2) is 22.9 Å². The van der Waals surface area contributed by atoms with Gasteiger partial charge in [-0.1, -0.05) is 34.6 Å². The van der Waals surface area contributed by atoms with Gasteiger partial charge in [-0.05, 0) is 29.5 Å². The molecule has 0 spiro atoms. The highest BCUT2D eigenvalue weighted by atomic mass is 16.5. The summed E-state index contributed by atoms with van der Waals surface area (Å²) in [4.78, 5) is 23.9. The molecule has 122 valence electrons. The number of phenolic OH excluding ortho intramolecular Hbond substituents is 1. The molecule has 1 aromatic carbocycles. The number of carbonyl (C=O) groups excluding carboxylic acids is 2. The zero-order valence-electron chi connectivity index (χ0n) is 13.8. The third kappa shape index (κ3) is 4.84. The van der Waals surface area contributed by atoms with Gasteiger partial charge in [0, 0.05) is 12.0 Å². The van der Waals surface area contributed by atoms with Crippen LogP contribution in [0.3, 0.4) is 0 Å². The second-order valence-electron chi connectivity index (χ2n) is 6.96. The smallest absolute Gasteiger partial charge is 0.311 e. The van der Waals surface area contributed by atoms with Gasteiger partial charge in [0.2, 0.25) is 0 Å². The van der Waals surface area contributed by atoms with E-state index in [2.05, 4.69) is 0 Å². The average Bonchev–Trinajstić information content (AvgIpc) is 2.37. The first-order valence-electron chi connectivity index (χ1n) is 7.36. The van der Waals surface area contributed by atoms with Crippen molar-refractivity contribution in [1.82, 2.24) is 0 Å². The number of ether oxygens (including phenoxy) is 1. The zero-order valence-corrected chi connectivity index (χ0v) is 13.8. The lowest BCUT2D eigenvalue weighted by molar-refractivity contribution is -0.135. The van der Waals surface area contributed by atoms with Crippen LogP contribution >= 0.6 is 0 Å². The lowest BCUT2D eigenvalue weighted by Crippen LogP contribution is -2.42. The quantitative estimate of drug-likeness (QED) is 0.496. The molecule has 1 aromatic rings. The first-order valence-corrected chi connectivity index (χ1v) is 7.36. The lowest BCUT2D eigenvalue weighted by atomic mass is 9.83. The van der Waals surface area contributed by atoms with Crippen LogP contribution in [0.2, 0.25) is 0 Å². The van der Waals surface area contributed by atoms with E-state index in [1.165, 1.54) is 18.2 Å². The lowest BCUT2D eigenvalue weighted by Gasteiger charge is -2.25. The maximum atomic E-state index is 12.3. The van der Waals surface area contributed by atoms with Crippen molar-refractivity contribution in [2.75, 3.05) is 0 Å². The Labute approximate surface area is 131 Å². The fourth-order valence-electron chi connectivity index (χ4n) is 1.83. The Hall–Kier alpha value is -1.88. The molecule has 1 rings (SSSR count). The van der Waals surface area contributed by atoms with Crippen molar-refractivity contribution in [3.8, 4) is 11.5 Å². The van der Waals surface area contributed by atoms with Gasteiger partial charge in [-0.3, -0.25) is 9.59 Å². The number of carbonyl (C=O) groups is 2. The molecule has 3 N–H and O–H groups in total. The Balaban J connectivity index is 2.90. The van der Waals surface area contributed by atoms with Gasteiger partial charge in [-0.15, -0.1) is 0 Å². The number of rotatable bonds is 5. The largest absolute Gasteiger partial charge is 0.504 e. The van der Waals surface area contributed by atoms with Crippen molar-refractivity contribution < 1.29 is 19.4 Å². The van der Waals surface area contributed by atoms with E-state index in [9.17, 15) is 14.7 Å². The van der Waals surface area contributed by atoms with Crippen LogP contribution in [0.15, 0.2) is 18.2 Å². The summed E-state index contributed by atoms with van der Waals surface area (Å²) >= 11 is 0. The highest BCUT2D eigenvalue weighted by Crippen LogP contribution is 2.29. The molecular weight excluding hydrogens is 282 g/mol. The van der Waals surface area contributed by atoms with Gasteiger partial charge >= 0.3 is 5.97 Å². The Morgan fingerprint density at radius 1 is 1.27 bits per heavy atom. The molecule has 0 aliphatic carbocycles. The van der Waals surface area contributed by atoms with E-state index in [1.54, 1.807) is 0 Å². The molecule has 0 heterocycles. The van der Waals surface area contributed by atoms with Crippen LogP contribution in [0.4, 0.5) is 0 Å². The standard InChI is InChI=1S/C17H25NO4/c1-10(2)8-14(20)22-13-7-6-11(9-12(13)19)15(21)16(18)17(3,4)5/h6-7,9-10,16,19H,8,18H2,1-5H3. The number of Topliss-reactive ketones (excluding diaryl/α,β-unsaturated/α-hetero) is 1. The second kappa shape index (κ2) is 6.92. The molecule has 22 heavy (non-hydrogen) atoms. The van der Waals surface area contributed by atoms with Crippen LogP contribution in [0.5, 0.6) is 11.5 Å². The normalized spacial score (nSPS) is 13.0. The van der Waals surface area contributed by atoms with Crippen molar-refractivity contribution in [1.29, 1.82) is 0 Å². The maximum absolute atomic E-state index is 12.3. The monoisotopic (exact) mass is 307 g/mol. The number of phenols is 1. The minimum absolute atomic E-state index is 0.0477. The molecule has 0 amide bonds. The summed E-state index contributed by atoms with van der Waals surface area (Å²) in [7, 11) is 0. The van der Waals surface area contributed by atoms with Gasteiger partial charge < -0.3 is 15.6 Å². The third-order valence-corrected chi connectivity index (χ3v) is 3.26. The highest BCUT2D eigenvalue weighted by molar-refractivity contribution is 6.01.